The van der Waals surface area contributed by atoms with E-state index in [1.807, 2.05) is 19.9 Å². The van der Waals surface area contributed by atoms with Crippen LogP contribution in [-0.2, 0) is 21.9 Å². The van der Waals surface area contributed by atoms with Gasteiger partial charge < -0.3 is 4.74 Å². The van der Waals surface area contributed by atoms with E-state index in [-0.39, 0.29) is 24.2 Å². The molecule has 0 aliphatic carbocycles. The number of hydrogen-bond donors (Lipinski definition) is 0. The first-order chi connectivity index (χ1) is 17.6. The first-order valence-electron chi connectivity index (χ1n) is 12.1. The van der Waals surface area contributed by atoms with Gasteiger partial charge in [0.05, 0.1) is 18.5 Å². The third-order valence-electron chi connectivity index (χ3n) is 6.58. The molecule has 4 rings (SSSR count). The number of methoxy groups -OCH3 is 1. The maximum atomic E-state index is 14.1. The first kappa shape index (κ1) is 26.1. The smallest absolute Gasteiger partial charge is 0.273 e. The molecule has 0 radical (unpaired) electrons. The predicted octanol–water partition coefficient (Wildman–Crippen LogP) is 6.03. The van der Waals surface area contributed by atoms with Crippen LogP contribution in [0.25, 0.3) is 11.1 Å². The minimum atomic E-state index is -2.98. The molecule has 1 unspecified atom stereocenters. The molecular weight excluding hydrogens is 476 g/mol. The highest BCUT2D eigenvalue weighted by molar-refractivity contribution is 6.27. The molecule has 3 aromatic rings. The van der Waals surface area contributed by atoms with E-state index >= 15 is 0 Å². The van der Waals surface area contributed by atoms with Gasteiger partial charge in [0.25, 0.3) is 11.8 Å². The molecule has 0 N–H and O–H groups in total. The molecule has 1 aliphatic rings. The lowest BCUT2D eigenvalue weighted by molar-refractivity contribution is -0.128. The van der Waals surface area contributed by atoms with E-state index in [4.69, 9.17) is 4.74 Å². The molecule has 0 bridgehead atoms. The summed E-state index contributed by atoms with van der Waals surface area (Å²) in [6.07, 6.45) is 1.29. The lowest BCUT2D eigenvalue weighted by atomic mass is 9.92. The number of pyridine rings is 1. The summed E-state index contributed by atoms with van der Waals surface area (Å²) < 4.78 is 33.9. The Balaban J connectivity index is 1.61. The number of ketones is 1. The lowest BCUT2D eigenvalue weighted by Gasteiger charge is -2.18. The van der Waals surface area contributed by atoms with Crippen molar-refractivity contribution in [2.45, 2.75) is 46.5 Å². The number of aromatic nitrogens is 1. The number of rotatable bonds is 8. The molecule has 192 valence electrons. The van der Waals surface area contributed by atoms with Crippen molar-refractivity contribution in [3.8, 4) is 16.9 Å². The Hall–Kier alpha value is -3.94. The van der Waals surface area contributed by atoms with E-state index in [1.165, 1.54) is 30.1 Å². The molecule has 8 heteroatoms. The number of anilines is 1. The number of carbonyl (C=O) groups is 2. The number of Topliss-reactive ketones (excluding diaryl/α,β-unsaturated/α-hetero) is 1. The van der Waals surface area contributed by atoms with Gasteiger partial charge in [0.2, 0.25) is 0 Å². The van der Waals surface area contributed by atoms with Crippen molar-refractivity contribution < 1.29 is 23.1 Å². The first-order valence-corrected chi connectivity index (χ1v) is 12.1. The minimum absolute atomic E-state index is 0.141. The summed E-state index contributed by atoms with van der Waals surface area (Å²) in [5.41, 5.74) is 4.61. The van der Waals surface area contributed by atoms with Gasteiger partial charge in [0.1, 0.15) is 11.7 Å². The van der Waals surface area contributed by atoms with E-state index in [9.17, 15) is 18.4 Å². The number of amides is 1. The second-order valence-corrected chi connectivity index (χ2v) is 9.25. The Morgan fingerprint density at radius 2 is 1.84 bits per heavy atom. The van der Waals surface area contributed by atoms with Gasteiger partial charge in [0.15, 0.2) is 5.78 Å². The molecule has 1 aliphatic heterocycles. The zero-order chi connectivity index (χ0) is 26.9. The summed E-state index contributed by atoms with van der Waals surface area (Å²) in [5, 5.41) is 5.62. The molecule has 2 aromatic carbocycles. The average Bonchev–Trinajstić information content (AvgIpc) is 3.18. The van der Waals surface area contributed by atoms with Crippen molar-refractivity contribution in [2.24, 2.45) is 11.0 Å². The Kier molecular flexibility index (Phi) is 7.21. The normalized spacial score (nSPS) is 15.6. The number of carbonyl (C=O) groups excluding carboxylic acids is 2. The lowest BCUT2D eigenvalue weighted by Crippen LogP contribution is -2.33. The van der Waals surface area contributed by atoms with Crippen LogP contribution in [0.2, 0.25) is 0 Å². The summed E-state index contributed by atoms with van der Waals surface area (Å²) in [4.78, 5) is 30.9. The SMILES string of the molecule is CCC(F)(F)c1cccc(CC(=O)C2C(=O)N(c3ccc(OC)c(-c4cc(C)ncc4C)c3)N=C2C)c1. The van der Waals surface area contributed by atoms with E-state index in [0.717, 1.165) is 22.4 Å². The van der Waals surface area contributed by atoms with E-state index in [1.54, 1.807) is 44.5 Å². The number of benzene rings is 2. The molecule has 0 saturated carbocycles. The second kappa shape index (κ2) is 10.2. The highest BCUT2D eigenvalue weighted by Gasteiger charge is 2.39. The van der Waals surface area contributed by atoms with Crippen LogP contribution in [0.1, 0.15) is 42.7 Å². The quantitative estimate of drug-likeness (QED) is 0.351. The number of aryl methyl sites for hydroxylation is 2. The monoisotopic (exact) mass is 505 g/mol. The third kappa shape index (κ3) is 5.14. The van der Waals surface area contributed by atoms with Crippen LogP contribution in [0.3, 0.4) is 0 Å². The van der Waals surface area contributed by atoms with Crippen LogP contribution in [0.15, 0.2) is 59.8 Å². The fraction of sp³-hybridized carbons (Fsp3) is 0.310. The number of ether oxygens (including phenoxy) is 1. The summed E-state index contributed by atoms with van der Waals surface area (Å²) >= 11 is 0. The second-order valence-electron chi connectivity index (χ2n) is 9.25. The fourth-order valence-electron chi connectivity index (χ4n) is 4.49. The molecule has 1 atom stereocenters. The Bertz CT molecular complexity index is 1400. The van der Waals surface area contributed by atoms with Gasteiger partial charge in [0, 0.05) is 35.9 Å². The van der Waals surface area contributed by atoms with Crippen LogP contribution in [0.4, 0.5) is 14.5 Å². The molecule has 0 saturated heterocycles. The van der Waals surface area contributed by atoms with Crippen molar-refractivity contribution >= 4 is 23.1 Å². The zero-order valence-electron chi connectivity index (χ0n) is 21.5. The van der Waals surface area contributed by atoms with Crippen LogP contribution in [0.5, 0.6) is 5.75 Å². The Labute approximate surface area is 215 Å². The molecule has 6 nitrogen and oxygen atoms in total. The van der Waals surface area contributed by atoms with Crippen LogP contribution in [-0.4, -0.2) is 29.5 Å². The van der Waals surface area contributed by atoms with Gasteiger partial charge in [-0.25, -0.2) is 8.78 Å². The highest BCUT2D eigenvalue weighted by atomic mass is 19.3. The number of hydrogen-bond acceptors (Lipinski definition) is 5. The summed E-state index contributed by atoms with van der Waals surface area (Å²) in [7, 11) is 1.57. The number of alkyl halides is 2. The van der Waals surface area contributed by atoms with Crippen LogP contribution < -0.4 is 9.75 Å². The summed E-state index contributed by atoms with van der Waals surface area (Å²) in [6, 6.07) is 13.0. The highest BCUT2D eigenvalue weighted by Crippen LogP contribution is 2.37. The maximum absolute atomic E-state index is 14.1. The molecule has 0 fully saturated rings. The minimum Gasteiger partial charge on any atom is -0.496 e. The van der Waals surface area contributed by atoms with E-state index in [0.29, 0.717) is 22.7 Å². The fourth-order valence-corrected chi connectivity index (χ4v) is 4.49. The largest absolute Gasteiger partial charge is 0.496 e. The molecule has 37 heavy (non-hydrogen) atoms. The topological polar surface area (TPSA) is 71.9 Å². The summed E-state index contributed by atoms with van der Waals surface area (Å²) in [5.74, 6) is -4.29. The van der Waals surface area contributed by atoms with Crippen molar-refractivity contribution in [1.29, 1.82) is 0 Å². The Morgan fingerprint density at radius 3 is 2.54 bits per heavy atom. The average molecular weight is 506 g/mol. The van der Waals surface area contributed by atoms with E-state index in [2.05, 4.69) is 10.1 Å². The molecule has 0 spiro atoms. The predicted molar refractivity (Wildman–Crippen MR) is 139 cm³/mol. The van der Waals surface area contributed by atoms with Crippen molar-refractivity contribution in [1.82, 2.24) is 4.98 Å². The van der Waals surface area contributed by atoms with E-state index < -0.39 is 17.7 Å². The van der Waals surface area contributed by atoms with Crippen LogP contribution in [0, 0.1) is 19.8 Å². The van der Waals surface area contributed by atoms with Crippen LogP contribution >= 0.6 is 0 Å². The van der Waals surface area contributed by atoms with Gasteiger partial charge in [-0.15, -0.1) is 0 Å². The van der Waals surface area contributed by atoms with Gasteiger partial charge in [-0.05, 0) is 67.8 Å². The summed E-state index contributed by atoms with van der Waals surface area (Å²) in [6.45, 7) is 6.87. The van der Waals surface area contributed by atoms with Crippen molar-refractivity contribution in [3.63, 3.8) is 0 Å². The number of halogens is 2. The molecular formula is C29H29F2N3O3. The molecule has 1 amide bonds. The van der Waals surface area contributed by atoms with Gasteiger partial charge in [-0.1, -0.05) is 25.1 Å². The molecule has 2 heterocycles. The van der Waals surface area contributed by atoms with Crippen molar-refractivity contribution in [2.75, 3.05) is 12.1 Å². The standard InChI is InChI=1S/C29H29F2N3O3/c1-6-29(30,31)21-9-7-8-20(13-21)14-25(35)27-19(4)33-34(28(27)36)22-10-11-26(37-5)24(15-22)23-12-18(3)32-16-17(23)2/h7-13,15-16,27H,6,14H2,1-5H3. The van der Waals surface area contributed by atoms with Crippen molar-refractivity contribution in [3.05, 3.63) is 77.1 Å². The van der Waals surface area contributed by atoms with Gasteiger partial charge in [-0.2, -0.15) is 10.1 Å². The maximum Gasteiger partial charge on any atom is 0.273 e. The number of nitrogens with zero attached hydrogens (tertiary/aromatic N) is 3. The molecule has 1 aromatic heterocycles. The Morgan fingerprint density at radius 1 is 1.08 bits per heavy atom. The van der Waals surface area contributed by atoms with Gasteiger partial charge in [-0.3, -0.25) is 14.6 Å². The third-order valence-corrected chi connectivity index (χ3v) is 6.58. The van der Waals surface area contributed by atoms with Gasteiger partial charge >= 0.3 is 0 Å². The zero-order valence-corrected chi connectivity index (χ0v) is 21.5. The number of hydrazone groups is 1.